The standard InChI is InChI=1S/C27H30ClN3O3S/c1-20-5-4-6-25(17-20)31(35(3,33)34)19-22-8-10-23(11-9-22)27(32)30-15-13-29(14-16-30)26-18-24(28)12-7-21(26)2/h4-12,17-18H,13-16,19H2,1-3H3. The molecule has 1 heterocycles. The van der Waals surface area contributed by atoms with E-state index in [2.05, 4.69) is 11.8 Å². The number of anilines is 2. The van der Waals surface area contributed by atoms with Crippen LogP contribution in [0.1, 0.15) is 27.0 Å². The van der Waals surface area contributed by atoms with E-state index in [-0.39, 0.29) is 12.5 Å². The minimum absolute atomic E-state index is 0.0160. The molecule has 184 valence electrons. The van der Waals surface area contributed by atoms with Gasteiger partial charge in [0.15, 0.2) is 0 Å². The molecule has 0 aliphatic carbocycles. The van der Waals surface area contributed by atoms with E-state index in [1.807, 2.05) is 60.4 Å². The van der Waals surface area contributed by atoms with Crippen LogP contribution in [0.3, 0.4) is 0 Å². The smallest absolute Gasteiger partial charge is 0.253 e. The van der Waals surface area contributed by atoms with Crippen molar-refractivity contribution in [2.75, 3.05) is 41.6 Å². The summed E-state index contributed by atoms with van der Waals surface area (Å²) in [6.45, 7) is 6.93. The fraction of sp³-hybridized carbons (Fsp3) is 0.296. The lowest BCUT2D eigenvalue weighted by atomic mass is 10.1. The van der Waals surface area contributed by atoms with Crippen LogP contribution < -0.4 is 9.21 Å². The maximum Gasteiger partial charge on any atom is 0.253 e. The van der Waals surface area contributed by atoms with Crippen molar-refractivity contribution in [3.63, 3.8) is 0 Å². The topological polar surface area (TPSA) is 60.9 Å². The average molecular weight is 512 g/mol. The molecular weight excluding hydrogens is 482 g/mol. The zero-order valence-corrected chi connectivity index (χ0v) is 21.8. The molecule has 0 spiro atoms. The first-order valence-electron chi connectivity index (χ1n) is 11.6. The SMILES string of the molecule is Cc1cccc(N(Cc2ccc(C(=O)N3CCN(c4cc(Cl)ccc4C)CC3)cc2)S(C)(=O)=O)c1. The number of hydrogen-bond donors (Lipinski definition) is 0. The maximum atomic E-state index is 13.1. The number of sulfonamides is 1. The van der Waals surface area contributed by atoms with Crippen molar-refractivity contribution >= 4 is 38.9 Å². The Labute approximate surface area is 212 Å². The molecule has 1 saturated heterocycles. The molecule has 0 radical (unpaired) electrons. The second-order valence-corrected chi connectivity index (χ2v) is 11.4. The van der Waals surface area contributed by atoms with Crippen LogP contribution in [-0.4, -0.2) is 51.7 Å². The molecule has 0 saturated carbocycles. The van der Waals surface area contributed by atoms with E-state index in [0.717, 1.165) is 29.9 Å². The Morgan fingerprint density at radius 3 is 2.26 bits per heavy atom. The highest BCUT2D eigenvalue weighted by atomic mass is 35.5. The molecule has 6 nitrogen and oxygen atoms in total. The maximum absolute atomic E-state index is 13.1. The number of carbonyl (C=O) groups is 1. The molecule has 1 aliphatic heterocycles. The highest BCUT2D eigenvalue weighted by molar-refractivity contribution is 7.92. The molecular formula is C27H30ClN3O3S. The van der Waals surface area contributed by atoms with Gasteiger partial charge < -0.3 is 9.80 Å². The first kappa shape index (κ1) is 25.1. The number of rotatable bonds is 6. The molecule has 8 heteroatoms. The van der Waals surface area contributed by atoms with Crippen molar-refractivity contribution in [2.24, 2.45) is 0 Å². The molecule has 3 aromatic rings. The Hall–Kier alpha value is -3.03. The molecule has 35 heavy (non-hydrogen) atoms. The summed E-state index contributed by atoms with van der Waals surface area (Å²) >= 11 is 6.18. The Bertz CT molecular complexity index is 1320. The fourth-order valence-corrected chi connectivity index (χ4v) is 5.40. The minimum atomic E-state index is -3.47. The van der Waals surface area contributed by atoms with Crippen LogP contribution in [0.5, 0.6) is 0 Å². The van der Waals surface area contributed by atoms with Crippen LogP contribution in [0, 0.1) is 13.8 Å². The van der Waals surface area contributed by atoms with Crippen LogP contribution in [0.25, 0.3) is 0 Å². The van der Waals surface area contributed by atoms with E-state index < -0.39 is 10.0 Å². The monoisotopic (exact) mass is 511 g/mol. The Balaban J connectivity index is 1.42. The summed E-state index contributed by atoms with van der Waals surface area (Å²) in [6.07, 6.45) is 1.21. The van der Waals surface area contributed by atoms with Gasteiger partial charge in [-0.2, -0.15) is 0 Å². The van der Waals surface area contributed by atoms with Gasteiger partial charge in [0.1, 0.15) is 0 Å². The average Bonchev–Trinajstić information content (AvgIpc) is 2.83. The Morgan fingerprint density at radius 2 is 1.63 bits per heavy atom. The summed E-state index contributed by atoms with van der Waals surface area (Å²) in [7, 11) is -3.47. The van der Waals surface area contributed by atoms with Crippen LogP contribution >= 0.6 is 11.6 Å². The molecule has 0 bridgehead atoms. The number of amides is 1. The summed E-state index contributed by atoms with van der Waals surface area (Å²) in [4.78, 5) is 17.2. The van der Waals surface area contributed by atoms with Gasteiger partial charge in [0, 0.05) is 42.5 Å². The predicted octanol–water partition coefficient (Wildman–Crippen LogP) is 4.89. The lowest BCUT2D eigenvalue weighted by Gasteiger charge is -2.37. The quantitative estimate of drug-likeness (QED) is 0.473. The lowest BCUT2D eigenvalue weighted by molar-refractivity contribution is 0.0746. The Morgan fingerprint density at radius 1 is 0.943 bits per heavy atom. The summed E-state index contributed by atoms with van der Waals surface area (Å²) in [6, 6.07) is 20.5. The van der Waals surface area contributed by atoms with Crippen molar-refractivity contribution in [2.45, 2.75) is 20.4 Å². The van der Waals surface area contributed by atoms with Crippen LogP contribution in [0.15, 0.2) is 66.7 Å². The third-order valence-corrected chi connectivity index (χ3v) is 7.67. The van der Waals surface area contributed by atoms with Gasteiger partial charge in [-0.25, -0.2) is 8.42 Å². The highest BCUT2D eigenvalue weighted by Crippen LogP contribution is 2.26. The number of benzene rings is 3. The molecule has 0 unspecified atom stereocenters. The molecule has 1 aliphatic rings. The van der Waals surface area contributed by atoms with E-state index in [1.165, 1.54) is 16.1 Å². The van der Waals surface area contributed by atoms with Gasteiger partial charge in [-0.3, -0.25) is 9.10 Å². The van der Waals surface area contributed by atoms with Crippen LogP contribution in [0.4, 0.5) is 11.4 Å². The third-order valence-electron chi connectivity index (χ3n) is 6.30. The number of aryl methyl sites for hydroxylation is 2. The number of piperazine rings is 1. The molecule has 3 aromatic carbocycles. The van der Waals surface area contributed by atoms with Gasteiger partial charge >= 0.3 is 0 Å². The summed E-state index contributed by atoms with van der Waals surface area (Å²) < 4.78 is 26.3. The highest BCUT2D eigenvalue weighted by Gasteiger charge is 2.24. The summed E-state index contributed by atoms with van der Waals surface area (Å²) in [5, 5.41) is 0.709. The number of nitrogens with zero attached hydrogens (tertiary/aromatic N) is 3. The summed E-state index contributed by atoms with van der Waals surface area (Å²) in [5.41, 5.74) is 5.30. The molecule has 0 N–H and O–H groups in total. The second kappa shape index (κ2) is 10.3. The molecule has 0 aromatic heterocycles. The molecule has 4 rings (SSSR count). The van der Waals surface area contributed by atoms with Gasteiger partial charge in [0.25, 0.3) is 5.91 Å². The van der Waals surface area contributed by atoms with Crippen molar-refractivity contribution < 1.29 is 13.2 Å². The van der Waals surface area contributed by atoms with E-state index in [4.69, 9.17) is 11.6 Å². The van der Waals surface area contributed by atoms with Gasteiger partial charge in [0.05, 0.1) is 18.5 Å². The van der Waals surface area contributed by atoms with Crippen molar-refractivity contribution in [3.8, 4) is 0 Å². The van der Waals surface area contributed by atoms with Gasteiger partial charge in [-0.15, -0.1) is 0 Å². The largest absolute Gasteiger partial charge is 0.368 e. The van der Waals surface area contributed by atoms with Crippen molar-refractivity contribution in [1.82, 2.24) is 4.90 Å². The molecule has 1 fully saturated rings. The first-order chi connectivity index (χ1) is 16.6. The lowest BCUT2D eigenvalue weighted by Crippen LogP contribution is -2.49. The number of hydrogen-bond acceptors (Lipinski definition) is 4. The van der Waals surface area contributed by atoms with Gasteiger partial charge in [0.2, 0.25) is 10.0 Å². The van der Waals surface area contributed by atoms with E-state index in [0.29, 0.717) is 29.4 Å². The predicted molar refractivity (Wildman–Crippen MR) is 143 cm³/mol. The number of halogens is 1. The Kier molecular flexibility index (Phi) is 7.38. The normalized spacial score (nSPS) is 14.2. The van der Waals surface area contributed by atoms with E-state index in [9.17, 15) is 13.2 Å². The minimum Gasteiger partial charge on any atom is -0.368 e. The van der Waals surface area contributed by atoms with Crippen LogP contribution in [0.2, 0.25) is 5.02 Å². The van der Waals surface area contributed by atoms with E-state index in [1.54, 1.807) is 18.2 Å². The van der Waals surface area contributed by atoms with Gasteiger partial charge in [-0.05, 0) is 66.9 Å². The zero-order chi connectivity index (χ0) is 25.2. The molecule has 1 amide bonds. The third kappa shape index (κ3) is 5.97. The van der Waals surface area contributed by atoms with Crippen LogP contribution in [-0.2, 0) is 16.6 Å². The first-order valence-corrected chi connectivity index (χ1v) is 13.8. The van der Waals surface area contributed by atoms with Crippen molar-refractivity contribution in [3.05, 3.63) is 94.0 Å². The van der Waals surface area contributed by atoms with Crippen molar-refractivity contribution in [1.29, 1.82) is 0 Å². The number of carbonyl (C=O) groups excluding carboxylic acids is 1. The van der Waals surface area contributed by atoms with E-state index >= 15 is 0 Å². The van der Waals surface area contributed by atoms with Gasteiger partial charge in [-0.1, -0.05) is 41.9 Å². The zero-order valence-electron chi connectivity index (χ0n) is 20.2. The molecule has 0 atom stereocenters. The summed E-state index contributed by atoms with van der Waals surface area (Å²) in [5.74, 6) is -0.0160. The second-order valence-electron chi connectivity index (χ2n) is 9.02. The fourth-order valence-electron chi connectivity index (χ4n) is 4.36.